The molecular formula is C23H20ClN7O6S. The molecule has 4 aromatic rings. The quantitative estimate of drug-likeness (QED) is 0.228. The van der Waals surface area contributed by atoms with Crippen LogP contribution in [0.1, 0.15) is 21.9 Å². The first-order chi connectivity index (χ1) is 18.0. The van der Waals surface area contributed by atoms with Crippen LogP contribution in [0.5, 0.6) is 5.75 Å². The van der Waals surface area contributed by atoms with Gasteiger partial charge in [0, 0.05) is 35.4 Å². The van der Waals surface area contributed by atoms with Gasteiger partial charge in [0.2, 0.25) is 5.95 Å². The molecule has 196 valence electrons. The second-order valence-electron chi connectivity index (χ2n) is 7.94. The highest BCUT2D eigenvalue weighted by Crippen LogP contribution is 2.28. The Balaban J connectivity index is 1.36. The number of nitro benzene ring substituents is 1. The first kappa shape index (κ1) is 26.5. The fourth-order valence-electron chi connectivity index (χ4n) is 3.27. The van der Waals surface area contributed by atoms with Crippen LogP contribution in [-0.4, -0.2) is 39.0 Å². The molecule has 2 N–H and O–H groups in total. The molecule has 0 radical (unpaired) electrons. The predicted molar refractivity (Wildman–Crippen MR) is 138 cm³/mol. The van der Waals surface area contributed by atoms with E-state index in [0.29, 0.717) is 17.1 Å². The number of nitrogens with one attached hydrogen (secondary N) is 2. The van der Waals surface area contributed by atoms with E-state index in [-0.39, 0.29) is 39.7 Å². The molecular weight excluding hydrogens is 538 g/mol. The standard InChI is InChI=1S/C23H20ClN7O6S/c1-14-11-15(2)26-23(25-14)29-38(35,36)18-6-3-16(4-7-18)27-22(32)20-9-10-30(28-20)13-37-21-8-5-17(31(33)34)12-19(21)24/h3-12H,13H2,1-2H3,(H,27,32)(H,25,26,29). The van der Waals surface area contributed by atoms with E-state index in [1.165, 1.54) is 59.4 Å². The molecule has 2 heterocycles. The van der Waals surface area contributed by atoms with Crippen molar-refractivity contribution in [3.63, 3.8) is 0 Å². The highest BCUT2D eigenvalue weighted by atomic mass is 35.5. The minimum absolute atomic E-state index is 0.0321. The number of nitro groups is 1. The van der Waals surface area contributed by atoms with Crippen LogP contribution in [0.2, 0.25) is 5.02 Å². The van der Waals surface area contributed by atoms with Gasteiger partial charge in [-0.2, -0.15) is 5.10 Å². The van der Waals surface area contributed by atoms with Gasteiger partial charge in [0.25, 0.3) is 21.6 Å². The Bertz CT molecular complexity index is 1600. The maximum absolute atomic E-state index is 12.7. The van der Waals surface area contributed by atoms with Gasteiger partial charge in [-0.15, -0.1) is 0 Å². The van der Waals surface area contributed by atoms with Crippen LogP contribution >= 0.6 is 11.6 Å². The maximum Gasteiger partial charge on any atom is 0.276 e. The lowest BCUT2D eigenvalue weighted by Gasteiger charge is -2.09. The molecule has 0 spiro atoms. The van der Waals surface area contributed by atoms with Crippen LogP contribution in [0.25, 0.3) is 0 Å². The van der Waals surface area contributed by atoms with Gasteiger partial charge >= 0.3 is 0 Å². The Hall–Kier alpha value is -4.56. The van der Waals surface area contributed by atoms with Crippen LogP contribution in [0, 0.1) is 24.0 Å². The summed E-state index contributed by atoms with van der Waals surface area (Å²) in [6.07, 6.45) is 1.50. The van der Waals surface area contributed by atoms with Crippen molar-refractivity contribution in [1.29, 1.82) is 0 Å². The van der Waals surface area contributed by atoms with Gasteiger partial charge < -0.3 is 10.1 Å². The largest absolute Gasteiger partial charge is 0.470 e. The topological polar surface area (TPSA) is 171 Å². The van der Waals surface area contributed by atoms with Crippen molar-refractivity contribution in [2.75, 3.05) is 10.0 Å². The zero-order chi connectivity index (χ0) is 27.4. The number of aryl methyl sites for hydroxylation is 2. The van der Waals surface area contributed by atoms with Crippen molar-refractivity contribution < 1.29 is 22.9 Å². The lowest BCUT2D eigenvalue weighted by Crippen LogP contribution is -2.16. The number of sulfonamides is 1. The van der Waals surface area contributed by atoms with Crippen LogP contribution in [0.4, 0.5) is 17.3 Å². The molecule has 0 bridgehead atoms. The number of amides is 1. The molecule has 0 unspecified atom stereocenters. The summed E-state index contributed by atoms with van der Waals surface area (Å²) in [6.45, 7) is 3.36. The van der Waals surface area contributed by atoms with Crippen molar-refractivity contribution in [3.8, 4) is 5.75 Å². The third-order valence-electron chi connectivity index (χ3n) is 4.98. The number of nitrogens with zero attached hydrogens (tertiary/aromatic N) is 5. The first-order valence-electron chi connectivity index (χ1n) is 10.9. The van der Waals surface area contributed by atoms with Crippen LogP contribution in [0.15, 0.2) is 65.7 Å². The maximum atomic E-state index is 12.7. The fraction of sp³-hybridized carbons (Fsp3) is 0.130. The molecule has 1 amide bonds. The van der Waals surface area contributed by atoms with Crippen LogP contribution in [0.3, 0.4) is 0 Å². The summed E-state index contributed by atoms with van der Waals surface area (Å²) in [5, 5.41) is 17.6. The molecule has 0 aliphatic carbocycles. The third kappa shape index (κ3) is 6.41. The minimum atomic E-state index is -3.94. The predicted octanol–water partition coefficient (Wildman–Crippen LogP) is 3.94. The summed E-state index contributed by atoms with van der Waals surface area (Å²) in [6, 6.07) is 12.5. The van der Waals surface area contributed by atoms with Crippen LogP contribution < -0.4 is 14.8 Å². The Morgan fingerprint density at radius 3 is 2.39 bits per heavy atom. The summed E-state index contributed by atoms with van der Waals surface area (Å²) in [5.74, 6) is -0.350. The molecule has 0 aliphatic rings. The highest BCUT2D eigenvalue weighted by Gasteiger charge is 2.17. The van der Waals surface area contributed by atoms with Gasteiger partial charge in [0.1, 0.15) is 5.75 Å². The van der Waals surface area contributed by atoms with Gasteiger partial charge in [0.05, 0.1) is 14.8 Å². The molecule has 2 aromatic carbocycles. The average molecular weight is 558 g/mol. The van der Waals surface area contributed by atoms with E-state index in [0.717, 1.165) is 0 Å². The van der Waals surface area contributed by atoms with Gasteiger partial charge in [-0.25, -0.2) is 27.8 Å². The number of aromatic nitrogens is 4. The van der Waals surface area contributed by atoms with E-state index >= 15 is 0 Å². The van der Waals surface area contributed by atoms with E-state index in [9.17, 15) is 23.3 Å². The van der Waals surface area contributed by atoms with Crippen molar-refractivity contribution in [1.82, 2.24) is 19.7 Å². The first-order valence-corrected chi connectivity index (χ1v) is 12.7. The number of carbonyl (C=O) groups is 1. The molecule has 0 aliphatic heterocycles. The lowest BCUT2D eigenvalue weighted by molar-refractivity contribution is -0.384. The Kier molecular flexibility index (Phi) is 7.55. The van der Waals surface area contributed by atoms with Gasteiger partial charge in [-0.1, -0.05) is 11.6 Å². The molecule has 0 saturated heterocycles. The number of non-ortho nitro benzene ring substituents is 1. The molecule has 13 nitrogen and oxygen atoms in total. The molecule has 4 rings (SSSR count). The fourth-order valence-corrected chi connectivity index (χ4v) is 4.45. The Morgan fingerprint density at radius 2 is 1.76 bits per heavy atom. The van der Waals surface area contributed by atoms with Crippen molar-refractivity contribution in [3.05, 3.63) is 93.0 Å². The van der Waals surface area contributed by atoms with Crippen LogP contribution in [-0.2, 0) is 16.8 Å². The Labute approximate surface area is 221 Å². The van der Waals surface area contributed by atoms with Gasteiger partial charge in [-0.3, -0.25) is 14.9 Å². The SMILES string of the molecule is Cc1cc(C)nc(NS(=O)(=O)c2ccc(NC(=O)c3ccn(COc4ccc([N+](=O)[O-])cc4Cl)n3)cc2)n1. The van der Waals surface area contributed by atoms with Gasteiger partial charge in [0.15, 0.2) is 12.4 Å². The normalized spacial score (nSPS) is 11.1. The number of anilines is 2. The Morgan fingerprint density at radius 1 is 1.08 bits per heavy atom. The number of rotatable bonds is 9. The zero-order valence-corrected chi connectivity index (χ0v) is 21.5. The molecule has 0 saturated carbocycles. The molecule has 0 fully saturated rings. The lowest BCUT2D eigenvalue weighted by atomic mass is 10.3. The molecule has 15 heteroatoms. The monoisotopic (exact) mass is 557 g/mol. The smallest absolute Gasteiger partial charge is 0.276 e. The summed E-state index contributed by atoms with van der Waals surface area (Å²) >= 11 is 6.01. The number of benzene rings is 2. The van der Waals surface area contributed by atoms with Crippen molar-refractivity contribution in [2.24, 2.45) is 0 Å². The van der Waals surface area contributed by atoms with E-state index < -0.39 is 20.9 Å². The number of hydrogen-bond donors (Lipinski definition) is 2. The third-order valence-corrected chi connectivity index (χ3v) is 6.62. The molecule has 38 heavy (non-hydrogen) atoms. The van der Waals surface area contributed by atoms with E-state index in [2.05, 4.69) is 25.1 Å². The summed E-state index contributed by atoms with van der Waals surface area (Å²) in [5.41, 5.74) is 1.50. The number of hydrogen-bond acceptors (Lipinski definition) is 9. The minimum Gasteiger partial charge on any atom is -0.470 e. The van der Waals surface area contributed by atoms with Gasteiger partial charge in [-0.05, 0) is 56.3 Å². The highest BCUT2D eigenvalue weighted by molar-refractivity contribution is 7.92. The van der Waals surface area contributed by atoms with E-state index in [1.54, 1.807) is 19.9 Å². The second-order valence-corrected chi connectivity index (χ2v) is 10.0. The summed E-state index contributed by atoms with van der Waals surface area (Å²) in [4.78, 5) is 30.9. The molecule has 0 atom stereocenters. The van der Waals surface area contributed by atoms with E-state index in [1.807, 2.05) is 0 Å². The van der Waals surface area contributed by atoms with Crippen molar-refractivity contribution in [2.45, 2.75) is 25.5 Å². The number of carbonyl (C=O) groups excluding carboxylic acids is 1. The second kappa shape index (κ2) is 10.8. The summed E-state index contributed by atoms with van der Waals surface area (Å²) < 4.78 is 34.5. The summed E-state index contributed by atoms with van der Waals surface area (Å²) in [7, 11) is -3.94. The zero-order valence-electron chi connectivity index (χ0n) is 20.0. The average Bonchev–Trinajstić information content (AvgIpc) is 3.32. The van der Waals surface area contributed by atoms with E-state index in [4.69, 9.17) is 16.3 Å². The number of ether oxygens (including phenoxy) is 1. The van der Waals surface area contributed by atoms with Crippen molar-refractivity contribution >= 4 is 44.9 Å². The number of halogens is 1. The molecule has 2 aromatic heterocycles.